The molecule has 3 aromatic heterocycles. The number of nitrogens with zero attached hydrogens (tertiary/aromatic N) is 6. The van der Waals surface area contributed by atoms with E-state index in [2.05, 4.69) is 25.0 Å². The summed E-state index contributed by atoms with van der Waals surface area (Å²) in [5, 5.41) is 4.10. The number of carbonyl (C=O) groups is 1. The van der Waals surface area contributed by atoms with Crippen molar-refractivity contribution in [3.05, 3.63) is 43.1 Å². The number of amides is 1. The zero-order valence-corrected chi connectivity index (χ0v) is 10.2. The van der Waals surface area contributed by atoms with Crippen molar-refractivity contribution in [2.45, 2.75) is 0 Å². The Bertz CT molecular complexity index is 739. The molecule has 2 N–H and O–H groups in total. The third-order valence-corrected chi connectivity index (χ3v) is 2.57. The van der Waals surface area contributed by atoms with Crippen LogP contribution in [0.2, 0.25) is 0 Å². The summed E-state index contributed by atoms with van der Waals surface area (Å²) in [4.78, 5) is 27.6. The van der Waals surface area contributed by atoms with Crippen molar-refractivity contribution < 1.29 is 4.79 Å². The second-order valence-corrected chi connectivity index (χ2v) is 3.84. The number of hydrogen-bond donors (Lipinski definition) is 1. The van der Waals surface area contributed by atoms with Gasteiger partial charge in [0.2, 0.25) is 0 Å². The molecule has 8 nitrogen and oxygen atoms in total. The van der Waals surface area contributed by atoms with E-state index in [0.29, 0.717) is 11.5 Å². The van der Waals surface area contributed by atoms with Crippen LogP contribution in [0, 0.1) is 0 Å². The van der Waals surface area contributed by atoms with E-state index in [0.717, 1.165) is 10.2 Å². The number of primary amides is 1. The second-order valence-electron chi connectivity index (χ2n) is 3.84. The minimum absolute atomic E-state index is 0.270. The van der Waals surface area contributed by atoms with E-state index >= 15 is 0 Å². The molecule has 0 unspecified atom stereocenters. The van der Waals surface area contributed by atoms with Crippen LogP contribution in [0.3, 0.4) is 0 Å². The van der Waals surface area contributed by atoms with Gasteiger partial charge >= 0.3 is 6.03 Å². The van der Waals surface area contributed by atoms with Crippen LogP contribution in [0.4, 0.5) is 4.79 Å². The molecule has 0 aliphatic carbocycles. The predicted molar refractivity (Wildman–Crippen MR) is 69.3 cm³/mol. The lowest BCUT2D eigenvalue weighted by molar-refractivity contribution is 0.248. The SMILES string of the molecule is NC(=O)n1nc(-c2ccncc2)nc1-c1ccncn1. The molecule has 98 valence electrons. The highest BCUT2D eigenvalue weighted by Gasteiger charge is 2.17. The number of carbonyl (C=O) groups excluding carboxylic acids is 1. The van der Waals surface area contributed by atoms with Crippen molar-refractivity contribution >= 4 is 6.03 Å². The average molecular weight is 267 g/mol. The summed E-state index contributed by atoms with van der Waals surface area (Å²) in [5.41, 5.74) is 6.51. The van der Waals surface area contributed by atoms with Crippen molar-refractivity contribution in [2.24, 2.45) is 5.73 Å². The van der Waals surface area contributed by atoms with E-state index < -0.39 is 6.03 Å². The lowest BCUT2D eigenvalue weighted by atomic mass is 10.2. The number of pyridine rings is 1. The van der Waals surface area contributed by atoms with Crippen LogP contribution < -0.4 is 5.73 Å². The zero-order chi connectivity index (χ0) is 13.9. The Labute approximate surface area is 113 Å². The van der Waals surface area contributed by atoms with E-state index in [1.54, 1.807) is 36.8 Å². The van der Waals surface area contributed by atoms with E-state index in [-0.39, 0.29) is 5.82 Å². The van der Waals surface area contributed by atoms with E-state index in [9.17, 15) is 4.79 Å². The van der Waals surface area contributed by atoms with Gasteiger partial charge in [0.1, 0.15) is 12.0 Å². The second kappa shape index (κ2) is 4.84. The fraction of sp³-hybridized carbons (Fsp3) is 0. The molecule has 3 heterocycles. The van der Waals surface area contributed by atoms with E-state index in [1.165, 1.54) is 6.33 Å². The molecule has 0 atom stereocenters. The van der Waals surface area contributed by atoms with Gasteiger partial charge in [0.25, 0.3) is 0 Å². The summed E-state index contributed by atoms with van der Waals surface area (Å²) in [5.74, 6) is 0.645. The first-order valence-electron chi connectivity index (χ1n) is 5.69. The minimum Gasteiger partial charge on any atom is -0.350 e. The third kappa shape index (κ3) is 2.09. The molecular formula is C12H9N7O. The fourth-order valence-corrected chi connectivity index (χ4v) is 1.68. The summed E-state index contributed by atoms with van der Waals surface area (Å²) in [6, 6.07) is 4.38. The van der Waals surface area contributed by atoms with Crippen molar-refractivity contribution in [2.75, 3.05) is 0 Å². The van der Waals surface area contributed by atoms with E-state index in [4.69, 9.17) is 5.73 Å². The number of hydrogen-bond acceptors (Lipinski definition) is 6. The molecule has 0 aromatic carbocycles. The molecule has 8 heteroatoms. The first-order chi connectivity index (χ1) is 9.75. The Balaban J connectivity index is 2.15. The van der Waals surface area contributed by atoms with Crippen LogP contribution in [0.5, 0.6) is 0 Å². The van der Waals surface area contributed by atoms with Gasteiger partial charge in [0, 0.05) is 24.2 Å². The van der Waals surface area contributed by atoms with Gasteiger partial charge in [-0.15, -0.1) is 5.10 Å². The molecule has 1 amide bonds. The maximum absolute atomic E-state index is 11.5. The Morgan fingerprint density at radius 3 is 2.50 bits per heavy atom. The largest absolute Gasteiger partial charge is 0.350 e. The smallest absolute Gasteiger partial charge is 0.341 e. The summed E-state index contributed by atoms with van der Waals surface area (Å²) in [7, 11) is 0. The summed E-state index contributed by atoms with van der Waals surface area (Å²) < 4.78 is 1.01. The minimum atomic E-state index is -0.730. The van der Waals surface area contributed by atoms with Crippen LogP contribution >= 0.6 is 0 Å². The lowest BCUT2D eigenvalue weighted by Crippen LogP contribution is -2.22. The van der Waals surface area contributed by atoms with Crippen molar-refractivity contribution in [1.82, 2.24) is 29.7 Å². The van der Waals surface area contributed by atoms with Crippen LogP contribution in [-0.2, 0) is 0 Å². The van der Waals surface area contributed by atoms with Crippen LogP contribution in [0.15, 0.2) is 43.1 Å². The first-order valence-corrected chi connectivity index (χ1v) is 5.69. The van der Waals surface area contributed by atoms with Gasteiger partial charge in [-0.2, -0.15) is 4.68 Å². The van der Waals surface area contributed by atoms with Crippen molar-refractivity contribution in [3.8, 4) is 22.9 Å². The Kier molecular flexibility index (Phi) is 2.88. The predicted octanol–water partition coefficient (Wildman–Crippen LogP) is 0.724. The van der Waals surface area contributed by atoms with Gasteiger partial charge in [0.05, 0.1) is 0 Å². The number of aromatic nitrogens is 6. The highest BCUT2D eigenvalue weighted by atomic mass is 16.2. The zero-order valence-electron chi connectivity index (χ0n) is 10.2. The van der Waals surface area contributed by atoms with Gasteiger partial charge in [-0.25, -0.2) is 19.7 Å². The average Bonchev–Trinajstić information content (AvgIpc) is 2.94. The highest BCUT2D eigenvalue weighted by Crippen LogP contribution is 2.19. The van der Waals surface area contributed by atoms with Crippen LogP contribution in [0.25, 0.3) is 22.9 Å². The monoisotopic (exact) mass is 267 g/mol. The molecule has 3 aromatic rings. The first kappa shape index (κ1) is 11.9. The fourth-order valence-electron chi connectivity index (χ4n) is 1.68. The maximum atomic E-state index is 11.5. The lowest BCUT2D eigenvalue weighted by Gasteiger charge is -1.98. The standard InChI is InChI=1S/C12H9N7O/c13-12(20)19-11(9-3-6-15-7-16-9)17-10(18-19)8-1-4-14-5-2-8/h1-7H,(H2,13,20). The van der Waals surface area contributed by atoms with Crippen LogP contribution in [-0.4, -0.2) is 35.7 Å². The molecule has 0 bridgehead atoms. The van der Waals surface area contributed by atoms with Crippen molar-refractivity contribution in [3.63, 3.8) is 0 Å². The molecule has 20 heavy (non-hydrogen) atoms. The summed E-state index contributed by atoms with van der Waals surface area (Å²) in [6.07, 6.45) is 6.14. The van der Waals surface area contributed by atoms with Crippen molar-refractivity contribution in [1.29, 1.82) is 0 Å². The Morgan fingerprint density at radius 1 is 1.10 bits per heavy atom. The van der Waals surface area contributed by atoms with Gasteiger partial charge in [0.15, 0.2) is 11.6 Å². The topological polar surface area (TPSA) is 112 Å². The molecule has 0 fully saturated rings. The van der Waals surface area contributed by atoms with E-state index in [1.807, 2.05) is 0 Å². The molecule has 0 aliphatic rings. The Hall–Kier alpha value is -3.16. The summed E-state index contributed by atoms with van der Waals surface area (Å²) >= 11 is 0. The number of rotatable bonds is 2. The van der Waals surface area contributed by atoms with Crippen LogP contribution in [0.1, 0.15) is 0 Å². The third-order valence-electron chi connectivity index (χ3n) is 2.57. The van der Waals surface area contributed by atoms with Gasteiger partial charge in [-0.05, 0) is 18.2 Å². The van der Waals surface area contributed by atoms with Gasteiger partial charge < -0.3 is 5.73 Å². The quantitative estimate of drug-likeness (QED) is 0.732. The molecule has 0 saturated carbocycles. The molecular weight excluding hydrogens is 258 g/mol. The van der Waals surface area contributed by atoms with Gasteiger partial charge in [-0.3, -0.25) is 4.98 Å². The molecule has 0 radical (unpaired) electrons. The highest BCUT2D eigenvalue weighted by molar-refractivity contribution is 5.79. The molecule has 0 saturated heterocycles. The maximum Gasteiger partial charge on any atom is 0.341 e. The summed E-state index contributed by atoms with van der Waals surface area (Å²) in [6.45, 7) is 0. The Morgan fingerprint density at radius 2 is 1.85 bits per heavy atom. The normalized spacial score (nSPS) is 10.4. The number of nitrogens with two attached hydrogens (primary N) is 1. The molecule has 0 aliphatic heterocycles. The molecule has 3 rings (SSSR count). The van der Waals surface area contributed by atoms with Gasteiger partial charge in [-0.1, -0.05) is 0 Å². The molecule has 0 spiro atoms.